The molecule has 0 spiro atoms. The number of rotatable bonds is 9. The Morgan fingerprint density at radius 3 is 2.18 bits per heavy atom. The highest BCUT2D eigenvalue weighted by Gasteiger charge is 2.68. The molecule has 34 heavy (non-hydrogen) atoms. The molecular weight excluding hydrogens is 474 g/mol. The second kappa shape index (κ2) is 10.1. The molecule has 5 N–H and O–H groups in total. The maximum absolute atomic E-state index is 15.1. The maximum atomic E-state index is 15.1. The number of carbonyl (C=O) groups is 2. The molecule has 1 aliphatic rings. The van der Waals surface area contributed by atoms with Gasteiger partial charge in [-0.15, -0.1) is 0 Å². The molecular formula is C21H26F6N2O5. The molecule has 0 amide bonds. The highest BCUT2D eigenvalue weighted by atomic mass is 19.4. The van der Waals surface area contributed by atoms with E-state index in [4.69, 9.17) is 10.5 Å². The Bertz CT molecular complexity index is 930. The van der Waals surface area contributed by atoms with Crippen molar-refractivity contribution in [3.05, 3.63) is 34.9 Å². The third-order valence-electron chi connectivity index (χ3n) is 6.72. The summed E-state index contributed by atoms with van der Waals surface area (Å²) in [6.45, 7) is 0.00928. The average molecular weight is 500 g/mol. The summed E-state index contributed by atoms with van der Waals surface area (Å²) in [5.74, 6) is -9.59. The van der Waals surface area contributed by atoms with Crippen molar-refractivity contribution >= 4 is 11.9 Å². The van der Waals surface area contributed by atoms with Gasteiger partial charge in [-0.3, -0.25) is 9.59 Å². The minimum absolute atomic E-state index is 0.00152. The van der Waals surface area contributed by atoms with Crippen LogP contribution in [0.25, 0.3) is 0 Å². The van der Waals surface area contributed by atoms with Crippen LogP contribution in [0, 0.1) is 22.5 Å². The number of hydrogen-bond donors (Lipinski definition) is 4. The fourth-order valence-corrected chi connectivity index (χ4v) is 5.03. The SMILES string of the molecule is CCC1(C(=O)O)C(COCCN)NC(CF)C(C)(C(=O)O)C1c1c(F)ccc(F)c1C(F)(F)F. The fraction of sp³-hybridized carbons (Fsp3) is 0.619. The van der Waals surface area contributed by atoms with Gasteiger partial charge in [-0.25, -0.2) is 13.2 Å². The summed E-state index contributed by atoms with van der Waals surface area (Å²) in [6, 6.07) is -2.66. The largest absolute Gasteiger partial charge is 0.481 e. The summed E-state index contributed by atoms with van der Waals surface area (Å²) in [5, 5.41) is 22.9. The smallest absolute Gasteiger partial charge is 0.419 e. The second-order valence-corrected chi connectivity index (χ2v) is 8.33. The number of carboxylic acids is 2. The van der Waals surface area contributed by atoms with Gasteiger partial charge in [0, 0.05) is 24.1 Å². The van der Waals surface area contributed by atoms with Crippen LogP contribution in [0.3, 0.4) is 0 Å². The van der Waals surface area contributed by atoms with E-state index in [0.29, 0.717) is 6.07 Å². The molecule has 1 saturated heterocycles. The first-order chi connectivity index (χ1) is 15.7. The standard InChI is InChI=1S/C21H26F6N2O5/c1-3-20(18(32)33)13(9-34-7-6-28)29-12(8-22)19(2,17(30)31)16(20)14-10(23)4-5-11(24)15(14)21(25,26)27/h4-5,12-13,16,29H,3,6-9,28H2,1-2H3,(H,30,31)(H,32,33). The number of ether oxygens (including phenoxy) is 1. The summed E-state index contributed by atoms with van der Waals surface area (Å²) in [4.78, 5) is 25.1. The maximum Gasteiger partial charge on any atom is 0.419 e. The van der Waals surface area contributed by atoms with Crippen LogP contribution in [0.1, 0.15) is 37.3 Å². The zero-order valence-corrected chi connectivity index (χ0v) is 18.4. The molecule has 13 heteroatoms. The zero-order valence-electron chi connectivity index (χ0n) is 18.4. The summed E-state index contributed by atoms with van der Waals surface area (Å²) >= 11 is 0. The summed E-state index contributed by atoms with van der Waals surface area (Å²) in [6.07, 6.45) is -6.04. The van der Waals surface area contributed by atoms with Gasteiger partial charge in [-0.2, -0.15) is 13.2 Å². The van der Waals surface area contributed by atoms with Crippen LogP contribution in [0.5, 0.6) is 0 Å². The molecule has 192 valence electrons. The van der Waals surface area contributed by atoms with Gasteiger partial charge in [0.05, 0.1) is 35.6 Å². The molecule has 1 heterocycles. The number of hydrogen-bond acceptors (Lipinski definition) is 5. The molecule has 1 aromatic carbocycles. The first kappa shape index (κ1) is 27.9. The first-order valence-corrected chi connectivity index (χ1v) is 10.4. The molecule has 0 saturated carbocycles. The highest BCUT2D eigenvalue weighted by molar-refractivity contribution is 5.84. The monoisotopic (exact) mass is 500 g/mol. The topological polar surface area (TPSA) is 122 Å². The lowest BCUT2D eigenvalue weighted by Gasteiger charge is -2.57. The van der Waals surface area contributed by atoms with E-state index >= 15 is 4.39 Å². The van der Waals surface area contributed by atoms with Crippen molar-refractivity contribution < 1.29 is 50.9 Å². The van der Waals surface area contributed by atoms with Crippen molar-refractivity contribution in [2.75, 3.05) is 26.4 Å². The van der Waals surface area contributed by atoms with E-state index in [1.54, 1.807) is 0 Å². The van der Waals surface area contributed by atoms with Crippen molar-refractivity contribution in [1.82, 2.24) is 5.32 Å². The van der Waals surface area contributed by atoms with E-state index in [-0.39, 0.29) is 19.2 Å². The number of nitrogens with two attached hydrogens (primary N) is 1. The van der Waals surface area contributed by atoms with E-state index in [1.165, 1.54) is 6.92 Å². The number of halogens is 6. The van der Waals surface area contributed by atoms with Gasteiger partial charge in [0.25, 0.3) is 0 Å². The van der Waals surface area contributed by atoms with Gasteiger partial charge >= 0.3 is 18.1 Å². The molecule has 0 aliphatic carbocycles. The van der Waals surface area contributed by atoms with E-state index in [1.807, 2.05) is 0 Å². The van der Waals surface area contributed by atoms with Crippen LogP contribution >= 0.6 is 0 Å². The van der Waals surface area contributed by atoms with E-state index < -0.39 is 89.4 Å². The average Bonchev–Trinajstić information content (AvgIpc) is 2.74. The number of carboxylic acid groups (broad SMARTS) is 2. The van der Waals surface area contributed by atoms with Gasteiger partial charge in [0.2, 0.25) is 0 Å². The number of alkyl halides is 4. The molecule has 0 bridgehead atoms. The van der Waals surface area contributed by atoms with Gasteiger partial charge in [0.15, 0.2) is 0 Å². The van der Waals surface area contributed by atoms with E-state index in [0.717, 1.165) is 6.92 Å². The molecule has 1 fully saturated rings. The van der Waals surface area contributed by atoms with Crippen molar-refractivity contribution in [2.45, 2.75) is 44.4 Å². The Morgan fingerprint density at radius 1 is 1.15 bits per heavy atom. The lowest BCUT2D eigenvalue weighted by Crippen LogP contribution is -2.72. The molecule has 1 aromatic rings. The van der Waals surface area contributed by atoms with Gasteiger partial charge in [-0.05, 0) is 25.5 Å². The predicted molar refractivity (Wildman–Crippen MR) is 107 cm³/mol. The third kappa shape index (κ3) is 4.36. The summed E-state index contributed by atoms with van der Waals surface area (Å²) in [5.41, 5.74) is -3.37. The fourth-order valence-electron chi connectivity index (χ4n) is 5.03. The Labute approximate surface area is 191 Å². The van der Waals surface area contributed by atoms with E-state index in [2.05, 4.69) is 5.32 Å². The molecule has 0 radical (unpaired) electrons. The third-order valence-corrected chi connectivity index (χ3v) is 6.72. The van der Waals surface area contributed by atoms with Crippen LogP contribution < -0.4 is 11.1 Å². The summed E-state index contributed by atoms with van der Waals surface area (Å²) < 4.78 is 90.9. The quantitative estimate of drug-likeness (QED) is 0.304. The minimum atomic E-state index is -5.51. The molecule has 0 aromatic heterocycles. The molecule has 7 nitrogen and oxygen atoms in total. The normalized spacial score (nSPS) is 29.7. The molecule has 1 aliphatic heterocycles. The van der Waals surface area contributed by atoms with Crippen molar-refractivity contribution in [1.29, 1.82) is 0 Å². The van der Waals surface area contributed by atoms with Crippen LogP contribution in [0.15, 0.2) is 12.1 Å². The Morgan fingerprint density at radius 2 is 1.74 bits per heavy atom. The molecule has 2 rings (SSSR count). The Balaban J connectivity index is 3.04. The van der Waals surface area contributed by atoms with Crippen molar-refractivity contribution in [2.24, 2.45) is 16.6 Å². The van der Waals surface area contributed by atoms with Crippen LogP contribution in [-0.4, -0.2) is 60.7 Å². The lowest BCUT2D eigenvalue weighted by molar-refractivity contribution is -0.177. The molecule has 5 atom stereocenters. The first-order valence-electron chi connectivity index (χ1n) is 10.4. The number of nitrogens with one attached hydrogen (secondary N) is 1. The molecule has 5 unspecified atom stereocenters. The van der Waals surface area contributed by atoms with Crippen LogP contribution in [0.2, 0.25) is 0 Å². The Kier molecular flexibility index (Phi) is 8.26. The van der Waals surface area contributed by atoms with Crippen LogP contribution in [-0.2, 0) is 20.5 Å². The van der Waals surface area contributed by atoms with Gasteiger partial charge in [0.1, 0.15) is 18.3 Å². The van der Waals surface area contributed by atoms with Gasteiger partial charge < -0.3 is 26.0 Å². The minimum Gasteiger partial charge on any atom is -0.481 e. The second-order valence-electron chi connectivity index (χ2n) is 8.33. The number of benzene rings is 1. The number of aliphatic carboxylic acids is 2. The number of piperidine rings is 1. The zero-order chi connectivity index (χ0) is 26.1. The summed E-state index contributed by atoms with van der Waals surface area (Å²) in [7, 11) is 0. The highest BCUT2D eigenvalue weighted by Crippen LogP contribution is 2.59. The predicted octanol–water partition coefficient (Wildman–Crippen LogP) is 2.92. The van der Waals surface area contributed by atoms with E-state index in [9.17, 15) is 41.8 Å². The van der Waals surface area contributed by atoms with Crippen molar-refractivity contribution in [3.63, 3.8) is 0 Å². The van der Waals surface area contributed by atoms with Crippen LogP contribution in [0.4, 0.5) is 26.3 Å². The Hall–Kier alpha value is -2.38. The van der Waals surface area contributed by atoms with Gasteiger partial charge in [-0.1, -0.05) is 6.92 Å². The van der Waals surface area contributed by atoms with Crippen molar-refractivity contribution in [3.8, 4) is 0 Å². The lowest BCUT2D eigenvalue weighted by atomic mass is 9.50.